The predicted molar refractivity (Wildman–Crippen MR) is 207 cm³/mol. The molecule has 0 aromatic carbocycles. The zero-order chi connectivity index (χ0) is 35.6. The monoisotopic (exact) mass is 661 g/mol. The van der Waals surface area contributed by atoms with Gasteiger partial charge in [-0.25, -0.2) is 0 Å². The minimum atomic E-state index is 0.512. The molecule has 4 heterocycles. The van der Waals surface area contributed by atoms with Gasteiger partial charge in [-0.05, 0) is 52.9 Å². The van der Waals surface area contributed by atoms with Crippen LogP contribution in [0.1, 0.15) is 109 Å². The molecule has 0 unspecified atom stereocenters. The lowest BCUT2D eigenvalue weighted by molar-refractivity contribution is -0.00244. The summed E-state index contributed by atoms with van der Waals surface area (Å²) in [5.41, 5.74) is 0. The fourth-order valence-corrected chi connectivity index (χ4v) is 5.66. The van der Waals surface area contributed by atoms with Crippen LogP contribution in [0.4, 0.5) is 0 Å². The Morgan fingerprint density at radius 2 is 0.630 bits per heavy atom. The van der Waals surface area contributed by atoms with Crippen molar-refractivity contribution in [2.24, 2.45) is 0 Å². The first-order valence-electron chi connectivity index (χ1n) is 20.1. The van der Waals surface area contributed by atoms with E-state index in [4.69, 9.17) is 9.47 Å². The maximum atomic E-state index is 6.01. The Kier molecular flexibility index (Phi) is 40.8. The molecule has 46 heavy (non-hydrogen) atoms. The van der Waals surface area contributed by atoms with Crippen LogP contribution in [0.5, 0.6) is 0 Å². The van der Waals surface area contributed by atoms with Crippen molar-refractivity contribution in [3.05, 3.63) is 0 Å². The molecule has 0 bridgehead atoms. The summed E-state index contributed by atoms with van der Waals surface area (Å²) in [5.74, 6) is 0. The van der Waals surface area contributed by atoms with Crippen LogP contribution in [0.15, 0.2) is 0 Å². The highest BCUT2D eigenvalue weighted by atomic mass is 16.5. The smallest absolute Gasteiger partial charge is 0.0600 e. The van der Waals surface area contributed by atoms with E-state index in [0.29, 0.717) is 12.2 Å². The molecule has 4 saturated heterocycles. The second-order valence-corrected chi connectivity index (χ2v) is 11.3. The summed E-state index contributed by atoms with van der Waals surface area (Å²) >= 11 is 0. The van der Waals surface area contributed by atoms with Gasteiger partial charge in [-0.3, -0.25) is 9.80 Å². The van der Waals surface area contributed by atoms with Gasteiger partial charge in [0.15, 0.2) is 0 Å². The average molecular weight is 661 g/mol. The molecule has 0 N–H and O–H groups in total. The van der Waals surface area contributed by atoms with Crippen molar-refractivity contribution in [2.45, 2.75) is 121 Å². The third-order valence-corrected chi connectivity index (χ3v) is 8.68. The van der Waals surface area contributed by atoms with Gasteiger partial charge in [-0.1, -0.05) is 83.1 Å². The van der Waals surface area contributed by atoms with E-state index in [0.717, 1.165) is 26.3 Å². The molecule has 0 amide bonds. The Morgan fingerprint density at radius 1 is 0.391 bits per heavy atom. The van der Waals surface area contributed by atoms with Crippen molar-refractivity contribution in [1.82, 2.24) is 29.4 Å². The van der Waals surface area contributed by atoms with E-state index >= 15 is 0 Å². The number of ether oxygens (including phenoxy) is 2. The summed E-state index contributed by atoms with van der Waals surface area (Å²) in [6, 6.07) is 0. The zero-order valence-corrected chi connectivity index (χ0v) is 34.2. The first kappa shape index (κ1) is 50.1. The van der Waals surface area contributed by atoms with Crippen molar-refractivity contribution in [1.29, 1.82) is 0 Å². The predicted octanol–water partition coefficient (Wildman–Crippen LogP) is 6.60. The molecule has 8 nitrogen and oxygen atoms in total. The Labute approximate surface area is 291 Å². The lowest BCUT2D eigenvalue weighted by Gasteiger charge is -2.34. The van der Waals surface area contributed by atoms with Gasteiger partial charge < -0.3 is 29.1 Å². The number of nitrogens with zero attached hydrogens (tertiary/aromatic N) is 6. The molecule has 4 aliphatic heterocycles. The highest BCUT2D eigenvalue weighted by Crippen LogP contribution is 2.13. The molecule has 0 aromatic heterocycles. The van der Waals surface area contributed by atoms with E-state index in [1.165, 1.54) is 117 Å². The number of piperidine rings is 2. The molecule has 0 aliphatic carbocycles. The van der Waals surface area contributed by atoms with Gasteiger partial charge in [0.05, 0.1) is 25.4 Å². The second-order valence-electron chi connectivity index (χ2n) is 11.3. The second kappa shape index (κ2) is 37.5. The van der Waals surface area contributed by atoms with E-state index < -0.39 is 0 Å². The minimum Gasteiger partial charge on any atom is -0.377 e. The van der Waals surface area contributed by atoms with Crippen molar-refractivity contribution >= 4 is 0 Å². The molecular formula is C38H88N6O2. The van der Waals surface area contributed by atoms with Crippen LogP contribution in [0.2, 0.25) is 0 Å². The van der Waals surface area contributed by atoms with E-state index in [1.54, 1.807) is 0 Å². The van der Waals surface area contributed by atoms with Crippen molar-refractivity contribution in [3.63, 3.8) is 0 Å². The van der Waals surface area contributed by atoms with Gasteiger partial charge in [0.2, 0.25) is 0 Å². The van der Waals surface area contributed by atoms with E-state index in [-0.39, 0.29) is 0 Å². The van der Waals surface area contributed by atoms with E-state index in [1.807, 2.05) is 69.2 Å². The maximum absolute atomic E-state index is 6.01. The summed E-state index contributed by atoms with van der Waals surface area (Å²) < 4.78 is 12.0. The summed E-state index contributed by atoms with van der Waals surface area (Å²) in [5, 5.41) is 0. The van der Waals surface area contributed by atoms with Crippen LogP contribution in [-0.2, 0) is 9.47 Å². The zero-order valence-electron chi connectivity index (χ0n) is 34.2. The first-order valence-corrected chi connectivity index (χ1v) is 20.1. The number of hydrogen-bond acceptors (Lipinski definition) is 8. The van der Waals surface area contributed by atoms with Crippen LogP contribution in [0.3, 0.4) is 0 Å². The Balaban J connectivity index is -0.000000632. The van der Waals surface area contributed by atoms with Crippen LogP contribution in [-0.4, -0.2) is 174 Å². The maximum Gasteiger partial charge on any atom is 0.0600 e. The van der Waals surface area contributed by atoms with Crippen LogP contribution >= 0.6 is 0 Å². The SMILES string of the molecule is CC.CC.CC.CC.CC.CCN1CCN(CCOC2CCN(C)CC2)CC1.CCN1CCN(CCOC2CCN(C)CC2)CC1. The van der Waals surface area contributed by atoms with Gasteiger partial charge in [0, 0.05) is 91.6 Å². The van der Waals surface area contributed by atoms with E-state index in [2.05, 4.69) is 57.3 Å². The molecular weight excluding hydrogens is 572 g/mol. The summed E-state index contributed by atoms with van der Waals surface area (Å²) in [7, 11) is 4.40. The van der Waals surface area contributed by atoms with Crippen LogP contribution in [0, 0.1) is 0 Å². The van der Waals surface area contributed by atoms with Crippen LogP contribution < -0.4 is 0 Å². The fourth-order valence-electron chi connectivity index (χ4n) is 5.66. The topological polar surface area (TPSA) is 37.9 Å². The Bertz CT molecular complexity index is 493. The van der Waals surface area contributed by atoms with E-state index in [9.17, 15) is 0 Å². The minimum absolute atomic E-state index is 0.512. The molecule has 0 spiro atoms. The number of rotatable bonds is 10. The largest absolute Gasteiger partial charge is 0.377 e. The quantitative estimate of drug-likeness (QED) is 0.260. The molecule has 0 saturated carbocycles. The lowest BCUT2D eigenvalue weighted by Crippen LogP contribution is -2.47. The number of likely N-dealkylation sites (tertiary alicyclic amines) is 2. The summed E-state index contributed by atoms with van der Waals surface area (Å²) in [4.78, 5) is 14.9. The summed E-state index contributed by atoms with van der Waals surface area (Å²) in [6.07, 6.45) is 5.86. The van der Waals surface area contributed by atoms with Crippen molar-refractivity contribution < 1.29 is 9.47 Å². The van der Waals surface area contributed by atoms with Gasteiger partial charge in [0.1, 0.15) is 0 Å². The molecule has 282 valence electrons. The van der Waals surface area contributed by atoms with Gasteiger partial charge >= 0.3 is 0 Å². The highest BCUT2D eigenvalue weighted by molar-refractivity contribution is 4.74. The third-order valence-electron chi connectivity index (χ3n) is 8.68. The van der Waals surface area contributed by atoms with Gasteiger partial charge in [-0.15, -0.1) is 0 Å². The molecule has 4 fully saturated rings. The number of piperazine rings is 2. The Hall–Kier alpha value is -0.320. The average Bonchev–Trinajstić information content (AvgIpc) is 3.15. The van der Waals surface area contributed by atoms with Crippen LogP contribution in [0.25, 0.3) is 0 Å². The van der Waals surface area contributed by atoms with Crippen molar-refractivity contribution in [2.75, 3.05) is 132 Å². The molecule has 0 atom stereocenters. The number of likely N-dealkylation sites (N-methyl/N-ethyl adjacent to an activating group) is 2. The number of hydrogen-bond donors (Lipinski definition) is 0. The standard InChI is InChI=1S/2C14H29N3O.5C2H6/c2*1-3-16-8-10-17(11-9-16)12-13-18-14-4-6-15(2)7-5-14;5*1-2/h2*14H,3-13H2,1-2H3;5*1-2H3. The first-order chi connectivity index (χ1) is 22.6. The third kappa shape index (κ3) is 25.7. The lowest BCUT2D eigenvalue weighted by atomic mass is 10.1. The molecule has 8 heteroatoms. The Morgan fingerprint density at radius 3 is 0.870 bits per heavy atom. The molecule has 0 radical (unpaired) electrons. The molecule has 4 aliphatic rings. The normalized spacial score (nSPS) is 20.7. The molecule has 0 aromatic rings. The highest BCUT2D eigenvalue weighted by Gasteiger charge is 2.20. The summed E-state index contributed by atoms with van der Waals surface area (Å²) in [6.45, 7) is 45.5. The fraction of sp³-hybridized carbons (Fsp3) is 1.00. The van der Waals surface area contributed by atoms with Crippen molar-refractivity contribution in [3.8, 4) is 0 Å². The van der Waals surface area contributed by atoms with Gasteiger partial charge in [-0.2, -0.15) is 0 Å². The molecule has 4 rings (SSSR count). The van der Waals surface area contributed by atoms with Gasteiger partial charge in [0.25, 0.3) is 0 Å².